The molecule has 0 saturated carbocycles. The van der Waals surface area contributed by atoms with Gasteiger partial charge in [0.1, 0.15) is 0 Å². The standard InChI is InChI=1S/C9H19N3O2/c1-10-4-2-8-3-5-12(6-7-13)9(14)11-8/h8,10,13H,2-7H2,1H3,(H,11,14). The van der Waals surface area contributed by atoms with E-state index in [0.717, 1.165) is 25.9 Å². The number of urea groups is 1. The molecule has 1 aliphatic rings. The van der Waals surface area contributed by atoms with E-state index in [9.17, 15) is 4.79 Å². The van der Waals surface area contributed by atoms with Gasteiger partial charge in [-0.25, -0.2) is 4.79 Å². The third-order valence-corrected chi connectivity index (χ3v) is 2.48. The summed E-state index contributed by atoms with van der Waals surface area (Å²) in [4.78, 5) is 13.1. The SMILES string of the molecule is CNCCC1CCN(CCO)C(=O)N1. The van der Waals surface area contributed by atoms with Crippen LogP contribution in [0.4, 0.5) is 4.79 Å². The number of carbonyl (C=O) groups excluding carboxylic acids is 1. The van der Waals surface area contributed by atoms with Crippen molar-refractivity contribution >= 4 is 6.03 Å². The molecule has 1 unspecified atom stereocenters. The van der Waals surface area contributed by atoms with E-state index < -0.39 is 0 Å². The molecule has 1 aliphatic heterocycles. The third-order valence-electron chi connectivity index (χ3n) is 2.48. The average Bonchev–Trinajstić information content (AvgIpc) is 2.19. The molecule has 0 aromatic rings. The molecule has 1 atom stereocenters. The van der Waals surface area contributed by atoms with Crippen LogP contribution in [0.25, 0.3) is 0 Å². The summed E-state index contributed by atoms with van der Waals surface area (Å²) in [6.45, 7) is 2.14. The van der Waals surface area contributed by atoms with Crippen molar-refractivity contribution in [3.8, 4) is 0 Å². The minimum absolute atomic E-state index is 0.0363. The van der Waals surface area contributed by atoms with E-state index in [2.05, 4.69) is 10.6 Å². The molecule has 0 bridgehead atoms. The van der Waals surface area contributed by atoms with Gasteiger partial charge >= 0.3 is 6.03 Å². The second kappa shape index (κ2) is 5.82. The first kappa shape index (κ1) is 11.3. The second-order valence-corrected chi connectivity index (χ2v) is 3.54. The molecule has 0 radical (unpaired) electrons. The maximum atomic E-state index is 11.4. The normalized spacial score (nSPS) is 22.3. The minimum atomic E-state index is -0.0496. The van der Waals surface area contributed by atoms with E-state index in [-0.39, 0.29) is 18.7 Å². The van der Waals surface area contributed by atoms with Gasteiger partial charge in [-0.3, -0.25) is 0 Å². The molecule has 0 aromatic heterocycles. The van der Waals surface area contributed by atoms with Crippen LogP contribution in [-0.4, -0.2) is 55.4 Å². The van der Waals surface area contributed by atoms with Crippen LogP contribution in [0.2, 0.25) is 0 Å². The molecule has 5 nitrogen and oxygen atoms in total. The number of amides is 2. The zero-order valence-electron chi connectivity index (χ0n) is 8.62. The van der Waals surface area contributed by atoms with Crippen LogP contribution < -0.4 is 10.6 Å². The molecular formula is C9H19N3O2. The van der Waals surface area contributed by atoms with E-state index in [0.29, 0.717) is 6.54 Å². The van der Waals surface area contributed by atoms with Crippen molar-refractivity contribution in [3.63, 3.8) is 0 Å². The molecule has 82 valence electrons. The molecule has 2 amide bonds. The average molecular weight is 201 g/mol. The number of nitrogens with one attached hydrogen (secondary N) is 2. The van der Waals surface area contributed by atoms with Crippen molar-refractivity contribution in [3.05, 3.63) is 0 Å². The van der Waals surface area contributed by atoms with Crippen molar-refractivity contribution < 1.29 is 9.90 Å². The van der Waals surface area contributed by atoms with Gasteiger partial charge in [0.2, 0.25) is 0 Å². The number of nitrogens with zero attached hydrogens (tertiary/aromatic N) is 1. The van der Waals surface area contributed by atoms with Crippen molar-refractivity contribution in [1.29, 1.82) is 0 Å². The van der Waals surface area contributed by atoms with Gasteiger partial charge in [-0.05, 0) is 26.4 Å². The van der Waals surface area contributed by atoms with Crippen LogP contribution in [0.15, 0.2) is 0 Å². The molecule has 1 saturated heterocycles. The largest absolute Gasteiger partial charge is 0.395 e. The fourth-order valence-electron chi connectivity index (χ4n) is 1.62. The van der Waals surface area contributed by atoms with Gasteiger partial charge in [0, 0.05) is 19.1 Å². The fraction of sp³-hybridized carbons (Fsp3) is 0.889. The molecule has 5 heteroatoms. The Labute approximate surface area is 84.5 Å². The van der Waals surface area contributed by atoms with E-state index >= 15 is 0 Å². The van der Waals surface area contributed by atoms with E-state index in [1.54, 1.807) is 4.90 Å². The maximum absolute atomic E-state index is 11.4. The lowest BCUT2D eigenvalue weighted by Gasteiger charge is -2.32. The Balaban J connectivity index is 2.27. The van der Waals surface area contributed by atoms with Gasteiger partial charge in [0.05, 0.1) is 6.61 Å². The Bertz CT molecular complexity index is 187. The Morgan fingerprint density at radius 3 is 3.07 bits per heavy atom. The molecule has 0 aromatic carbocycles. The van der Waals surface area contributed by atoms with E-state index in [1.807, 2.05) is 7.05 Å². The predicted molar refractivity (Wildman–Crippen MR) is 54.1 cm³/mol. The second-order valence-electron chi connectivity index (χ2n) is 3.54. The van der Waals surface area contributed by atoms with Gasteiger partial charge in [0.15, 0.2) is 0 Å². The summed E-state index contributed by atoms with van der Waals surface area (Å²) in [5.41, 5.74) is 0. The number of carbonyl (C=O) groups is 1. The van der Waals surface area contributed by atoms with Crippen LogP contribution in [0.3, 0.4) is 0 Å². The van der Waals surface area contributed by atoms with Crippen LogP contribution in [0, 0.1) is 0 Å². The highest BCUT2D eigenvalue weighted by Gasteiger charge is 2.23. The highest BCUT2D eigenvalue weighted by Crippen LogP contribution is 2.07. The molecule has 14 heavy (non-hydrogen) atoms. The summed E-state index contributed by atoms with van der Waals surface area (Å²) in [6.07, 6.45) is 1.93. The maximum Gasteiger partial charge on any atom is 0.317 e. The van der Waals surface area contributed by atoms with Crippen LogP contribution in [-0.2, 0) is 0 Å². The first-order valence-electron chi connectivity index (χ1n) is 5.09. The topological polar surface area (TPSA) is 64.6 Å². The Morgan fingerprint density at radius 1 is 1.71 bits per heavy atom. The Kier molecular flexibility index (Phi) is 4.69. The van der Waals surface area contributed by atoms with Crippen LogP contribution >= 0.6 is 0 Å². The van der Waals surface area contributed by atoms with Gasteiger partial charge in [-0.2, -0.15) is 0 Å². The number of aliphatic hydroxyl groups is 1. The summed E-state index contributed by atoms with van der Waals surface area (Å²) >= 11 is 0. The van der Waals surface area contributed by atoms with Gasteiger partial charge < -0.3 is 20.6 Å². The van der Waals surface area contributed by atoms with Crippen LogP contribution in [0.5, 0.6) is 0 Å². The first-order valence-corrected chi connectivity index (χ1v) is 5.09. The summed E-state index contributed by atoms with van der Waals surface area (Å²) < 4.78 is 0. The molecule has 0 spiro atoms. The highest BCUT2D eigenvalue weighted by molar-refractivity contribution is 5.75. The third kappa shape index (κ3) is 3.16. The van der Waals surface area contributed by atoms with Crippen molar-refractivity contribution in [2.24, 2.45) is 0 Å². The smallest absolute Gasteiger partial charge is 0.317 e. The van der Waals surface area contributed by atoms with Crippen LogP contribution in [0.1, 0.15) is 12.8 Å². The van der Waals surface area contributed by atoms with Gasteiger partial charge in [0.25, 0.3) is 0 Å². The molecule has 1 heterocycles. The lowest BCUT2D eigenvalue weighted by molar-refractivity contribution is 0.154. The number of rotatable bonds is 5. The zero-order valence-corrected chi connectivity index (χ0v) is 8.62. The number of aliphatic hydroxyl groups excluding tert-OH is 1. The molecule has 0 aliphatic carbocycles. The summed E-state index contributed by atoms with van der Waals surface area (Å²) in [6, 6.07) is 0.233. The van der Waals surface area contributed by atoms with E-state index in [4.69, 9.17) is 5.11 Å². The highest BCUT2D eigenvalue weighted by atomic mass is 16.3. The van der Waals surface area contributed by atoms with Crippen molar-refractivity contribution in [1.82, 2.24) is 15.5 Å². The lowest BCUT2D eigenvalue weighted by atomic mass is 10.1. The number of hydrogen-bond acceptors (Lipinski definition) is 3. The Morgan fingerprint density at radius 2 is 2.50 bits per heavy atom. The molecule has 3 N–H and O–H groups in total. The minimum Gasteiger partial charge on any atom is -0.395 e. The lowest BCUT2D eigenvalue weighted by Crippen LogP contribution is -2.52. The monoisotopic (exact) mass is 201 g/mol. The number of β-amino-alcohol motifs (C(OH)–C–C–N with tert-alkyl or cyclic N) is 1. The van der Waals surface area contributed by atoms with Gasteiger partial charge in [-0.1, -0.05) is 0 Å². The molecule has 1 rings (SSSR count). The van der Waals surface area contributed by atoms with E-state index in [1.165, 1.54) is 0 Å². The van der Waals surface area contributed by atoms with Crippen molar-refractivity contribution in [2.75, 3.05) is 33.3 Å². The summed E-state index contributed by atoms with van der Waals surface area (Å²) in [5.74, 6) is 0. The van der Waals surface area contributed by atoms with Crippen molar-refractivity contribution in [2.45, 2.75) is 18.9 Å². The number of hydrogen-bond donors (Lipinski definition) is 3. The summed E-state index contributed by atoms with van der Waals surface area (Å²) in [7, 11) is 1.91. The predicted octanol–water partition coefficient (Wildman–Crippen LogP) is -0.628. The van der Waals surface area contributed by atoms with Gasteiger partial charge in [-0.15, -0.1) is 0 Å². The molecular weight excluding hydrogens is 182 g/mol. The Hall–Kier alpha value is -0.810. The fourth-order valence-corrected chi connectivity index (χ4v) is 1.62. The quantitative estimate of drug-likeness (QED) is 0.555. The first-order chi connectivity index (χ1) is 6.77. The summed E-state index contributed by atoms with van der Waals surface area (Å²) in [5, 5.41) is 14.7. The molecule has 1 fully saturated rings. The zero-order chi connectivity index (χ0) is 10.4.